The summed E-state index contributed by atoms with van der Waals surface area (Å²) in [6, 6.07) is 0.122. The van der Waals surface area contributed by atoms with E-state index in [0.29, 0.717) is 10.6 Å². The van der Waals surface area contributed by atoms with Gasteiger partial charge in [-0.1, -0.05) is 11.6 Å². The molecule has 0 spiro atoms. The topological polar surface area (TPSA) is 46.9 Å². The van der Waals surface area contributed by atoms with Crippen LogP contribution in [0.25, 0.3) is 0 Å². The SMILES string of the molecule is CC(Nc1cnn(CC(F)(F)F)c(=O)c1Cl)C1CC1. The summed E-state index contributed by atoms with van der Waals surface area (Å²) in [7, 11) is 0. The molecule has 1 fully saturated rings. The van der Waals surface area contributed by atoms with E-state index in [1.807, 2.05) is 6.92 Å². The van der Waals surface area contributed by atoms with E-state index in [1.165, 1.54) is 0 Å². The predicted molar refractivity (Wildman–Crippen MR) is 65.4 cm³/mol. The molecular weight excluding hydrogens is 283 g/mol. The van der Waals surface area contributed by atoms with E-state index in [4.69, 9.17) is 11.6 Å². The molecule has 1 unspecified atom stereocenters. The molecule has 1 saturated carbocycles. The van der Waals surface area contributed by atoms with Crippen LogP contribution >= 0.6 is 11.6 Å². The first kappa shape index (κ1) is 14.2. The van der Waals surface area contributed by atoms with Crippen LogP contribution in [-0.2, 0) is 6.54 Å². The van der Waals surface area contributed by atoms with Crippen molar-refractivity contribution in [2.45, 2.75) is 38.5 Å². The Morgan fingerprint density at radius 3 is 2.74 bits per heavy atom. The molecule has 0 aliphatic heterocycles. The Bertz CT molecular complexity index is 525. The van der Waals surface area contributed by atoms with Gasteiger partial charge in [-0.25, -0.2) is 4.68 Å². The third-order valence-corrected chi connectivity index (χ3v) is 3.39. The number of nitrogens with one attached hydrogen (secondary N) is 1. The average molecular weight is 296 g/mol. The Hall–Kier alpha value is -1.24. The molecule has 1 aliphatic carbocycles. The van der Waals surface area contributed by atoms with Crippen molar-refractivity contribution in [2.75, 3.05) is 5.32 Å². The number of aromatic nitrogens is 2. The molecule has 1 aromatic heterocycles. The lowest BCUT2D eigenvalue weighted by atomic mass is 10.2. The zero-order valence-electron chi connectivity index (χ0n) is 10.2. The summed E-state index contributed by atoms with van der Waals surface area (Å²) in [6.07, 6.45) is -1.14. The highest BCUT2D eigenvalue weighted by Gasteiger charge is 2.31. The Kier molecular flexibility index (Phi) is 3.75. The third kappa shape index (κ3) is 3.62. The van der Waals surface area contributed by atoms with Gasteiger partial charge >= 0.3 is 6.18 Å². The summed E-state index contributed by atoms with van der Waals surface area (Å²) in [6.45, 7) is 0.499. The molecule has 19 heavy (non-hydrogen) atoms. The summed E-state index contributed by atoms with van der Waals surface area (Å²) >= 11 is 5.79. The van der Waals surface area contributed by atoms with Gasteiger partial charge < -0.3 is 5.32 Å². The van der Waals surface area contributed by atoms with E-state index in [0.717, 1.165) is 19.0 Å². The predicted octanol–water partition coefficient (Wildman–Crippen LogP) is 2.67. The molecule has 1 N–H and O–H groups in total. The van der Waals surface area contributed by atoms with Gasteiger partial charge in [0.1, 0.15) is 11.6 Å². The molecule has 1 aromatic rings. The number of rotatable bonds is 4. The largest absolute Gasteiger partial charge is 0.408 e. The summed E-state index contributed by atoms with van der Waals surface area (Å²) in [5.41, 5.74) is -0.656. The molecular formula is C11H13ClF3N3O. The summed E-state index contributed by atoms with van der Waals surface area (Å²) in [5, 5.41) is 6.25. The second-order valence-electron chi connectivity index (χ2n) is 4.72. The van der Waals surface area contributed by atoms with Crippen LogP contribution in [0.5, 0.6) is 0 Å². The summed E-state index contributed by atoms with van der Waals surface area (Å²) < 4.78 is 37.0. The van der Waals surface area contributed by atoms with Crippen LogP contribution in [0.15, 0.2) is 11.0 Å². The van der Waals surface area contributed by atoms with Gasteiger partial charge in [0, 0.05) is 6.04 Å². The number of hydrogen-bond donors (Lipinski definition) is 1. The average Bonchev–Trinajstić information content (AvgIpc) is 3.11. The van der Waals surface area contributed by atoms with Gasteiger partial charge in [0.25, 0.3) is 5.56 Å². The van der Waals surface area contributed by atoms with Crippen LogP contribution in [0.3, 0.4) is 0 Å². The van der Waals surface area contributed by atoms with E-state index in [9.17, 15) is 18.0 Å². The number of nitrogens with zero attached hydrogens (tertiary/aromatic N) is 2. The molecule has 4 nitrogen and oxygen atoms in total. The first-order valence-electron chi connectivity index (χ1n) is 5.87. The summed E-state index contributed by atoms with van der Waals surface area (Å²) in [4.78, 5) is 11.7. The highest BCUT2D eigenvalue weighted by atomic mass is 35.5. The lowest BCUT2D eigenvalue weighted by Crippen LogP contribution is -2.31. The number of alkyl halides is 3. The lowest BCUT2D eigenvalue weighted by Gasteiger charge is -2.16. The molecule has 0 radical (unpaired) electrons. The fraction of sp³-hybridized carbons (Fsp3) is 0.636. The Morgan fingerprint density at radius 1 is 1.58 bits per heavy atom. The Labute approximate surface area is 112 Å². The zero-order chi connectivity index (χ0) is 14.2. The van der Waals surface area contributed by atoms with E-state index in [1.54, 1.807) is 0 Å². The van der Waals surface area contributed by atoms with Gasteiger partial charge in [0.05, 0.1) is 11.9 Å². The van der Waals surface area contributed by atoms with Gasteiger partial charge in [-0.3, -0.25) is 4.79 Å². The highest BCUT2D eigenvalue weighted by Crippen LogP contribution is 2.34. The molecule has 106 valence electrons. The second-order valence-corrected chi connectivity index (χ2v) is 5.10. The molecule has 0 aromatic carbocycles. The van der Waals surface area contributed by atoms with Crippen molar-refractivity contribution in [2.24, 2.45) is 5.92 Å². The van der Waals surface area contributed by atoms with Crippen molar-refractivity contribution in [3.05, 3.63) is 21.6 Å². The van der Waals surface area contributed by atoms with E-state index < -0.39 is 18.3 Å². The van der Waals surface area contributed by atoms with E-state index >= 15 is 0 Å². The lowest BCUT2D eigenvalue weighted by molar-refractivity contribution is -0.143. The fourth-order valence-electron chi connectivity index (χ4n) is 1.81. The van der Waals surface area contributed by atoms with Gasteiger partial charge in [0.15, 0.2) is 0 Å². The second kappa shape index (κ2) is 5.03. The van der Waals surface area contributed by atoms with Crippen molar-refractivity contribution < 1.29 is 13.2 Å². The first-order valence-corrected chi connectivity index (χ1v) is 6.24. The van der Waals surface area contributed by atoms with Gasteiger partial charge in [0.2, 0.25) is 0 Å². The van der Waals surface area contributed by atoms with Crippen molar-refractivity contribution in [3.63, 3.8) is 0 Å². The molecule has 1 heterocycles. The van der Waals surface area contributed by atoms with Crippen molar-refractivity contribution >= 4 is 17.3 Å². The Balaban J connectivity index is 2.19. The highest BCUT2D eigenvalue weighted by molar-refractivity contribution is 6.32. The van der Waals surface area contributed by atoms with Crippen molar-refractivity contribution in [1.29, 1.82) is 0 Å². The number of anilines is 1. The monoisotopic (exact) mass is 295 g/mol. The van der Waals surface area contributed by atoms with E-state index in [-0.39, 0.29) is 16.8 Å². The van der Waals surface area contributed by atoms with E-state index in [2.05, 4.69) is 10.4 Å². The van der Waals surface area contributed by atoms with Crippen molar-refractivity contribution in [3.8, 4) is 0 Å². The van der Waals surface area contributed by atoms with Crippen LogP contribution in [0.4, 0.5) is 18.9 Å². The molecule has 1 atom stereocenters. The normalized spacial score (nSPS) is 17.3. The minimum absolute atomic E-state index is 0.122. The van der Waals surface area contributed by atoms with Crippen LogP contribution < -0.4 is 10.9 Å². The maximum Gasteiger partial charge on any atom is 0.408 e. The quantitative estimate of drug-likeness (QED) is 0.929. The maximum atomic E-state index is 12.2. The van der Waals surface area contributed by atoms with Gasteiger partial charge in [-0.15, -0.1) is 0 Å². The number of halogens is 4. The molecule has 0 amide bonds. The maximum absolute atomic E-state index is 12.2. The molecule has 2 rings (SSSR count). The van der Waals surface area contributed by atoms with Gasteiger partial charge in [-0.05, 0) is 25.7 Å². The van der Waals surface area contributed by atoms with Crippen LogP contribution in [0.2, 0.25) is 5.02 Å². The molecule has 0 saturated heterocycles. The minimum Gasteiger partial charge on any atom is -0.380 e. The minimum atomic E-state index is -4.50. The Morgan fingerprint density at radius 2 is 2.21 bits per heavy atom. The molecule has 0 bridgehead atoms. The summed E-state index contributed by atoms with van der Waals surface area (Å²) in [5.74, 6) is 0.522. The molecule has 1 aliphatic rings. The third-order valence-electron chi connectivity index (χ3n) is 3.03. The smallest absolute Gasteiger partial charge is 0.380 e. The number of hydrogen-bond acceptors (Lipinski definition) is 3. The first-order chi connectivity index (χ1) is 8.78. The van der Waals surface area contributed by atoms with Crippen LogP contribution in [0.1, 0.15) is 19.8 Å². The van der Waals surface area contributed by atoms with Crippen LogP contribution in [0, 0.1) is 5.92 Å². The van der Waals surface area contributed by atoms with Crippen molar-refractivity contribution in [1.82, 2.24) is 9.78 Å². The zero-order valence-corrected chi connectivity index (χ0v) is 10.9. The standard InChI is InChI=1S/C11H13ClF3N3O/c1-6(7-2-3-7)17-8-4-16-18(5-11(13,14)15)10(19)9(8)12/h4,6-7,17H,2-3,5H2,1H3. The van der Waals surface area contributed by atoms with Crippen LogP contribution in [-0.4, -0.2) is 22.0 Å². The van der Waals surface area contributed by atoms with Gasteiger partial charge in [-0.2, -0.15) is 18.3 Å². The fourth-order valence-corrected chi connectivity index (χ4v) is 2.01. The molecule has 8 heteroatoms.